The fraction of sp³-hybridized carbons (Fsp3) is 0.750. The summed E-state index contributed by atoms with van der Waals surface area (Å²) in [5.74, 6) is 0.592. The van der Waals surface area contributed by atoms with Crippen LogP contribution >= 0.6 is 0 Å². The van der Waals surface area contributed by atoms with Gasteiger partial charge in [0, 0.05) is 0 Å². The molecule has 1 aliphatic carbocycles. The summed E-state index contributed by atoms with van der Waals surface area (Å²) in [6.07, 6.45) is 2.03. The molecule has 1 unspecified atom stereocenters. The summed E-state index contributed by atoms with van der Waals surface area (Å²) >= 11 is 0. The number of carbonyl (C=O) groups excluding carboxylic acids is 1. The topological polar surface area (TPSA) is 53.1 Å². The minimum absolute atomic E-state index is 0.225. The Hall–Kier alpha value is -1.24. The van der Waals surface area contributed by atoms with Crippen molar-refractivity contribution in [2.24, 2.45) is 5.92 Å². The average Bonchev–Trinajstić information content (AvgIpc) is 2.94. The summed E-state index contributed by atoms with van der Waals surface area (Å²) in [5.41, 5.74) is 0. The molecule has 0 aromatic carbocycles. The van der Waals surface area contributed by atoms with Crippen LogP contribution in [0.2, 0.25) is 0 Å². The molecule has 1 aliphatic heterocycles. The maximum absolute atomic E-state index is 11.1. The maximum Gasteiger partial charge on any atom is 0.411 e. The second kappa shape index (κ2) is 2.67. The molecule has 64 valence electrons. The predicted molar refractivity (Wildman–Crippen MR) is 40.2 cm³/mol. The number of carbonyl (C=O) groups is 1. The van der Waals surface area contributed by atoms with E-state index in [0.717, 1.165) is 0 Å². The zero-order chi connectivity index (χ0) is 8.55. The van der Waals surface area contributed by atoms with Crippen LogP contribution in [0.4, 0.5) is 4.79 Å². The Morgan fingerprint density at radius 1 is 1.67 bits per heavy atom. The van der Waals surface area contributed by atoms with Crippen LogP contribution in [0.5, 0.6) is 0 Å². The van der Waals surface area contributed by atoms with Crippen molar-refractivity contribution < 1.29 is 9.53 Å². The van der Waals surface area contributed by atoms with E-state index in [4.69, 9.17) is 10.00 Å². The molecule has 1 heterocycles. The Morgan fingerprint density at radius 3 is 2.92 bits per heavy atom. The molecule has 1 atom stereocenters. The number of hydrogen-bond donors (Lipinski definition) is 0. The third-order valence-electron chi connectivity index (χ3n) is 2.14. The van der Waals surface area contributed by atoms with Gasteiger partial charge in [0.1, 0.15) is 6.04 Å². The summed E-state index contributed by atoms with van der Waals surface area (Å²) in [7, 11) is 0. The molecule has 1 amide bonds. The van der Waals surface area contributed by atoms with Crippen molar-refractivity contribution in [1.82, 2.24) is 4.90 Å². The highest BCUT2D eigenvalue weighted by molar-refractivity contribution is 5.71. The minimum Gasteiger partial charge on any atom is -0.449 e. The van der Waals surface area contributed by atoms with E-state index in [-0.39, 0.29) is 12.1 Å². The van der Waals surface area contributed by atoms with Gasteiger partial charge in [-0.2, -0.15) is 5.26 Å². The van der Waals surface area contributed by atoms with Gasteiger partial charge in [0.05, 0.1) is 19.2 Å². The van der Waals surface area contributed by atoms with Crippen LogP contribution in [0.15, 0.2) is 0 Å². The second-order valence-corrected chi connectivity index (χ2v) is 3.32. The summed E-state index contributed by atoms with van der Waals surface area (Å²) in [6, 6.07) is 1.77. The van der Waals surface area contributed by atoms with E-state index in [9.17, 15) is 4.79 Å². The lowest BCUT2D eigenvalue weighted by Gasteiger charge is -2.02. The molecule has 4 heteroatoms. The summed E-state index contributed by atoms with van der Waals surface area (Å²) in [6.45, 7) is 1.08. The van der Waals surface area contributed by atoms with Crippen molar-refractivity contribution in [3.8, 4) is 6.07 Å². The van der Waals surface area contributed by atoms with Crippen molar-refractivity contribution in [3.05, 3.63) is 0 Å². The molecule has 1 saturated heterocycles. The molecule has 0 aromatic heterocycles. The summed E-state index contributed by atoms with van der Waals surface area (Å²) < 4.78 is 4.96. The van der Waals surface area contributed by atoms with Gasteiger partial charge in [0.2, 0.25) is 0 Å². The molecule has 4 nitrogen and oxygen atoms in total. The number of nitrogens with zero attached hydrogens (tertiary/aromatic N) is 2. The fourth-order valence-corrected chi connectivity index (χ4v) is 1.01. The van der Waals surface area contributed by atoms with E-state index in [1.54, 1.807) is 0 Å². The highest BCUT2D eigenvalue weighted by atomic mass is 16.6. The highest BCUT2D eigenvalue weighted by Gasteiger charge is 2.40. The van der Waals surface area contributed by atoms with Gasteiger partial charge in [-0.1, -0.05) is 0 Å². The van der Waals surface area contributed by atoms with E-state index in [0.29, 0.717) is 19.1 Å². The first-order valence-corrected chi connectivity index (χ1v) is 4.14. The molecule has 0 aromatic rings. The lowest BCUT2D eigenvalue weighted by molar-refractivity contribution is 0.125. The first-order valence-electron chi connectivity index (χ1n) is 4.14. The van der Waals surface area contributed by atoms with Crippen LogP contribution in [0.1, 0.15) is 12.8 Å². The molecule has 1 saturated carbocycles. The number of ether oxygens (including phenoxy) is 1. The Kier molecular flexibility index (Phi) is 1.65. The van der Waals surface area contributed by atoms with Crippen LogP contribution in [0.3, 0.4) is 0 Å². The third-order valence-corrected chi connectivity index (χ3v) is 2.14. The van der Waals surface area contributed by atoms with Crippen molar-refractivity contribution in [3.63, 3.8) is 0 Å². The number of hydrogen-bond acceptors (Lipinski definition) is 3. The Bertz CT molecular complexity index is 242. The molecule has 12 heavy (non-hydrogen) atoms. The number of nitriles is 1. The summed E-state index contributed by atoms with van der Waals surface area (Å²) in [4.78, 5) is 12.5. The van der Waals surface area contributed by atoms with Gasteiger partial charge < -0.3 is 4.74 Å². The van der Waals surface area contributed by atoms with Crippen LogP contribution in [-0.2, 0) is 4.74 Å². The molecule has 0 bridgehead atoms. The highest BCUT2D eigenvalue weighted by Crippen LogP contribution is 2.29. The maximum atomic E-state index is 11.1. The van der Waals surface area contributed by atoms with E-state index in [1.807, 2.05) is 6.07 Å². The van der Waals surface area contributed by atoms with Gasteiger partial charge in [-0.25, -0.2) is 4.79 Å². The van der Waals surface area contributed by atoms with Gasteiger partial charge >= 0.3 is 6.09 Å². The van der Waals surface area contributed by atoms with Gasteiger partial charge in [-0.15, -0.1) is 0 Å². The van der Waals surface area contributed by atoms with Crippen molar-refractivity contribution in [2.45, 2.75) is 18.9 Å². The van der Waals surface area contributed by atoms with Crippen LogP contribution in [-0.4, -0.2) is 30.2 Å². The molecular formula is C8H10N2O2. The van der Waals surface area contributed by atoms with Crippen molar-refractivity contribution >= 4 is 6.09 Å². The predicted octanol–water partition coefficient (Wildman–Crippen LogP) is 0.741. The quantitative estimate of drug-likeness (QED) is 0.568. The first kappa shape index (κ1) is 7.41. The fourth-order valence-electron chi connectivity index (χ4n) is 1.01. The minimum atomic E-state index is -0.326. The van der Waals surface area contributed by atoms with E-state index in [1.165, 1.54) is 17.7 Å². The smallest absolute Gasteiger partial charge is 0.411 e. The lowest BCUT2D eigenvalue weighted by Crippen LogP contribution is -2.16. The standard InChI is InChI=1S/C8H10N2O2/c9-3-7-4-10(7)8(11)12-5-6-1-2-6/h6-7H,1-2,4-5H2. The zero-order valence-corrected chi connectivity index (χ0v) is 6.69. The molecule has 2 aliphatic rings. The first-order chi connectivity index (χ1) is 5.81. The molecule has 0 N–H and O–H groups in total. The largest absolute Gasteiger partial charge is 0.449 e. The second-order valence-electron chi connectivity index (χ2n) is 3.32. The van der Waals surface area contributed by atoms with Crippen molar-refractivity contribution in [1.29, 1.82) is 5.26 Å². The van der Waals surface area contributed by atoms with E-state index >= 15 is 0 Å². The molecule has 2 rings (SSSR count). The number of amides is 1. The van der Waals surface area contributed by atoms with Gasteiger partial charge in [0.25, 0.3) is 0 Å². The van der Waals surface area contributed by atoms with Crippen LogP contribution in [0.25, 0.3) is 0 Å². The number of rotatable bonds is 2. The Balaban J connectivity index is 1.68. The van der Waals surface area contributed by atoms with Gasteiger partial charge in [-0.3, -0.25) is 4.90 Å². The van der Waals surface area contributed by atoms with Crippen LogP contribution in [0, 0.1) is 17.2 Å². The average molecular weight is 166 g/mol. The van der Waals surface area contributed by atoms with Crippen molar-refractivity contribution in [2.75, 3.05) is 13.2 Å². The van der Waals surface area contributed by atoms with E-state index in [2.05, 4.69) is 0 Å². The Morgan fingerprint density at radius 2 is 2.42 bits per heavy atom. The Labute approximate surface area is 70.7 Å². The SMILES string of the molecule is N#CC1CN1C(=O)OCC1CC1. The molecule has 2 fully saturated rings. The molecular weight excluding hydrogens is 156 g/mol. The van der Waals surface area contributed by atoms with Gasteiger partial charge in [-0.05, 0) is 18.8 Å². The molecule has 0 radical (unpaired) electrons. The zero-order valence-electron chi connectivity index (χ0n) is 6.69. The normalized spacial score (nSPS) is 26.2. The molecule has 0 spiro atoms. The van der Waals surface area contributed by atoms with Crippen LogP contribution < -0.4 is 0 Å². The third kappa shape index (κ3) is 1.50. The van der Waals surface area contributed by atoms with Gasteiger partial charge in [0.15, 0.2) is 0 Å². The monoisotopic (exact) mass is 166 g/mol. The lowest BCUT2D eigenvalue weighted by atomic mass is 10.5. The summed E-state index contributed by atoms with van der Waals surface area (Å²) in [5, 5.41) is 8.42. The van der Waals surface area contributed by atoms with E-state index < -0.39 is 0 Å².